The monoisotopic (exact) mass is 167 g/mol. The molecule has 2 heteroatoms. The molecule has 0 saturated heterocycles. The molecule has 0 bridgehead atoms. The van der Waals surface area contributed by atoms with E-state index in [1.165, 1.54) is 0 Å². The molecule has 0 N–H and O–H groups in total. The number of rotatable bonds is 4. The fourth-order valence-electron chi connectivity index (χ4n) is 1.15. The van der Waals surface area contributed by atoms with Crippen LogP contribution in [-0.4, -0.2) is 4.98 Å². The molecule has 0 aliphatic heterocycles. The van der Waals surface area contributed by atoms with Crippen LogP contribution < -0.4 is 0 Å². The van der Waals surface area contributed by atoms with Gasteiger partial charge >= 0.3 is 0 Å². The molecule has 0 fully saturated rings. The van der Waals surface area contributed by atoms with E-state index in [0.29, 0.717) is 5.92 Å². The van der Waals surface area contributed by atoms with E-state index in [-0.39, 0.29) is 0 Å². The number of aryl methyl sites for hydroxylation is 1. The van der Waals surface area contributed by atoms with Gasteiger partial charge in [0.1, 0.15) is 5.76 Å². The lowest BCUT2D eigenvalue weighted by Crippen LogP contribution is -1.93. The summed E-state index contributed by atoms with van der Waals surface area (Å²) in [4.78, 5) is 4.21. The van der Waals surface area contributed by atoms with Crippen LogP contribution in [0.4, 0.5) is 0 Å². The van der Waals surface area contributed by atoms with Crippen LogP contribution in [-0.2, 0) is 12.8 Å². The van der Waals surface area contributed by atoms with Gasteiger partial charge in [-0.3, -0.25) is 0 Å². The number of oxazole rings is 1. The average molecular weight is 167 g/mol. The Bertz CT molecular complexity index is 227. The Balaban J connectivity index is 2.52. The Morgan fingerprint density at radius 1 is 1.50 bits per heavy atom. The first kappa shape index (κ1) is 9.30. The fraction of sp³-hybridized carbons (Fsp3) is 0.700. The Hall–Kier alpha value is -0.790. The van der Waals surface area contributed by atoms with Crippen LogP contribution in [0, 0.1) is 5.92 Å². The highest BCUT2D eigenvalue weighted by Gasteiger charge is 2.04. The maximum absolute atomic E-state index is 5.52. The van der Waals surface area contributed by atoms with Gasteiger partial charge in [0, 0.05) is 12.8 Å². The van der Waals surface area contributed by atoms with E-state index >= 15 is 0 Å². The normalized spacial score (nSPS) is 11.0. The molecule has 0 aliphatic rings. The third-order valence-corrected chi connectivity index (χ3v) is 1.68. The Labute approximate surface area is 74.0 Å². The van der Waals surface area contributed by atoms with Crippen molar-refractivity contribution in [2.24, 2.45) is 5.92 Å². The second-order valence-electron chi connectivity index (χ2n) is 3.57. The molecule has 0 unspecified atom stereocenters. The third kappa shape index (κ3) is 2.68. The molecule has 0 atom stereocenters. The Morgan fingerprint density at radius 3 is 2.83 bits per heavy atom. The Morgan fingerprint density at radius 2 is 2.25 bits per heavy atom. The largest absolute Gasteiger partial charge is 0.446 e. The van der Waals surface area contributed by atoms with E-state index in [9.17, 15) is 0 Å². The van der Waals surface area contributed by atoms with E-state index in [2.05, 4.69) is 25.8 Å². The van der Waals surface area contributed by atoms with Crippen molar-refractivity contribution in [1.82, 2.24) is 4.98 Å². The molecule has 2 nitrogen and oxygen atoms in total. The lowest BCUT2D eigenvalue weighted by molar-refractivity contribution is 0.427. The summed E-state index contributed by atoms with van der Waals surface area (Å²) in [5, 5.41) is 0. The summed E-state index contributed by atoms with van der Waals surface area (Å²) in [6, 6.07) is 0. The summed E-state index contributed by atoms with van der Waals surface area (Å²) >= 11 is 0. The number of aromatic nitrogens is 1. The van der Waals surface area contributed by atoms with Gasteiger partial charge in [-0.15, -0.1) is 0 Å². The molecule has 0 amide bonds. The van der Waals surface area contributed by atoms with Gasteiger partial charge in [-0.05, 0) is 12.3 Å². The van der Waals surface area contributed by atoms with Gasteiger partial charge in [0.25, 0.3) is 0 Å². The molecule has 0 radical (unpaired) electrons. The van der Waals surface area contributed by atoms with Gasteiger partial charge in [-0.2, -0.15) is 0 Å². The molecule has 0 saturated carbocycles. The first-order valence-electron chi connectivity index (χ1n) is 4.66. The van der Waals surface area contributed by atoms with Gasteiger partial charge in [0.05, 0.1) is 6.20 Å². The lowest BCUT2D eigenvalue weighted by Gasteiger charge is -1.97. The van der Waals surface area contributed by atoms with E-state index in [1.54, 1.807) is 0 Å². The highest BCUT2D eigenvalue weighted by molar-refractivity contribution is 4.94. The topological polar surface area (TPSA) is 26.0 Å². The molecular formula is C10H17NO. The van der Waals surface area contributed by atoms with Gasteiger partial charge in [0.2, 0.25) is 0 Å². The molecule has 0 aromatic carbocycles. The SMILES string of the molecule is CCCc1cnc(CC(C)C)o1. The molecule has 1 heterocycles. The molecule has 1 aromatic heterocycles. The van der Waals surface area contributed by atoms with Crippen LogP contribution in [0.3, 0.4) is 0 Å². The zero-order valence-corrected chi connectivity index (χ0v) is 8.13. The smallest absolute Gasteiger partial charge is 0.194 e. The molecule has 1 rings (SSSR count). The van der Waals surface area contributed by atoms with Crippen molar-refractivity contribution >= 4 is 0 Å². The summed E-state index contributed by atoms with van der Waals surface area (Å²) in [6.07, 6.45) is 4.92. The maximum Gasteiger partial charge on any atom is 0.194 e. The molecule has 0 aliphatic carbocycles. The Kier molecular flexibility index (Phi) is 3.32. The van der Waals surface area contributed by atoms with Crippen molar-refractivity contribution in [1.29, 1.82) is 0 Å². The second kappa shape index (κ2) is 4.29. The number of hydrogen-bond donors (Lipinski definition) is 0. The van der Waals surface area contributed by atoms with Crippen molar-refractivity contribution in [3.8, 4) is 0 Å². The lowest BCUT2D eigenvalue weighted by atomic mass is 10.1. The minimum absolute atomic E-state index is 0.623. The van der Waals surface area contributed by atoms with Crippen LogP contribution in [0.25, 0.3) is 0 Å². The predicted molar refractivity (Wildman–Crippen MR) is 49.0 cm³/mol. The first-order valence-corrected chi connectivity index (χ1v) is 4.66. The average Bonchev–Trinajstić information content (AvgIpc) is 2.36. The van der Waals surface area contributed by atoms with E-state index in [4.69, 9.17) is 4.42 Å². The van der Waals surface area contributed by atoms with Gasteiger partial charge in [-0.25, -0.2) is 4.98 Å². The standard InChI is InChI=1S/C10H17NO/c1-4-5-9-7-11-10(12-9)6-8(2)3/h7-8H,4-6H2,1-3H3. The maximum atomic E-state index is 5.52. The number of hydrogen-bond acceptors (Lipinski definition) is 2. The van der Waals surface area contributed by atoms with Gasteiger partial charge in [0.15, 0.2) is 5.89 Å². The summed E-state index contributed by atoms with van der Waals surface area (Å²) in [7, 11) is 0. The summed E-state index contributed by atoms with van der Waals surface area (Å²) in [5.74, 6) is 2.53. The van der Waals surface area contributed by atoms with Crippen LogP contribution in [0.2, 0.25) is 0 Å². The highest BCUT2D eigenvalue weighted by Crippen LogP contribution is 2.10. The minimum Gasteiger partial charge on any atom is -0.446 e. The first-order chi connectivity index (χ1) is 5.72. The van der Waals surface area contributed by atoms with Crippen molar-refractivity contribution in [3.63, 3.8) is 0 Å². The van der Waals surface area contributed by atoms with Crippen LogP contribution in [0.5, 0.6) is 0 Å². The summed E-state index contributed by atoms with van der Waals surface area (Å²) in [6.45, 7) is 6.48. The van der Waals surface area contributed by atoms with Crippen molar-refractivity contribution in [3.05, 3.63) is 17.8 Å². The third-order valence-electron chi connectivity index (χ3n) is 1.68. The van der Waals surface area contributed by atoms with Gasteiger partial charge < -0.3 is 4.42 Å². The molecular weight excluding hydrogens is 150 g/mol. The van der Waals surface area contributed by atoms with Crippen LogP contribution >= 0.6 is 0 Å². The van der Waals surface area contributed by atoms with E-state index in [1.807, 2.05) is 6.20 Å². The second-order valence-corrected chi connectivity index (χ2v) is 3.57. The predicted octanol–water partition coefficient (Wildman–Crippen LogP) is 2.83. The zero-order valence-electron chi connectivity index (χ0n) is 8.13. The van der Waals surface area contributed by atoms with Crippen molar-refractivity contribution in [2.75, 3.05) is 0 Å². The highest BCUT2D eigenvalue weighted by atomic mass is 16.4. The summed E-state index contributed by atoms with van der Waals surface area (Å²) in [5.41, 5.74) is 0. The zero-order chi connectivity index (χ0) is 8.97. The molecule has 1 aromatic rings. The molecule has 0 spiro atoms. The fourth-order valence-corrected chi connectivity index (χ4v) is 1.15. The van der Waals surface area contributed by atoms with E-state index < -0.39 is 0 Å². The summed E-state index contributed by atoms with van der Waals surface area (Å²) < 4.78 is 5.52. The quantitative estimate of drug-likeness (QED) is 0.689. The molecule has 68 valence electrons. The van der Waals surface area contributed by atoms with Gasteiger partial charge in [-0.1, -0.05) is 20.8 Å². The van der Waals surface area contributed by atoms with Crippen molar-refractivity contribution in [2.45, 2.75) is 40.0 Å². The molecule has 12 heavy (non-hydrogen) atoms. The minimum atomic E-state index is 0.623. The van der Waals surface area contributed by atoms with Crippen LogP contribution in [0.15, 0.2) is 10.6 Å². The van der Waals surface area contributed by atoms with Crippen LogP contribution in [0.1, 0.15) is 38.8 Å². The van der Waals surface area contributed by atoms with E-state index in [0.717, 1.165) is 30.9 Å². The van der Waals surface area contributed by atoms with Crippen molar-refractivity contribution < 1.29 is 4.42 Å². The number of nitrogens with zero attached hydrogens (tertiary/aromatic N) is 1.